The van der Waals surface area contributed by atoms with Crippen molar-refractivity contribution in [3.8, 4) is 23.1 Å². The zero-order chi connectivity index (χ0) is 18.6. The Balaban J connectivity index is 1.52. The summed E-state index contributed by atoms with van der Waals surface area (Å²) in [6, 6.07) is 11.8. The maximum Gasteiger partial charge on any atom is 0.158 e. The van der Waals surface area contributed by atoms with Gasteiger partial charge in [-0.1, -0.05) is 19.1 Å². The number of benzene rings is 1. The van der Waals surface area contributed by atoms with Crippen molar-refractivity contribution in [2.45, 2.75) is 32.3 Å². The van der Waals surface area contributed by atoms with E-state index in [1.807, 2.05) is 36.4 Å². The lowest BCUT2D eigenvalue weighted by atomic mass is 10.1. The van der Waals surface area contributed by atoms with Gasteiger partial charge in [0, 0.05) is 11.6 Å². The van der Waals surface area contributed by atoms with Crippen LogP contribution < -0.4 is 10.1 Å². The molecular formula is C20H20N6O. The fourth-order valence-electron chi connectivity index (χ4n) is 3.34. The summed E-state index contributed by atoms with van der Waals surface area (Å²) < 4.78 is 6.26. The van der Waals surface area contributed by atoms with E-state index in [0.29, 0.717) is 11.6 Å². The first kappa shape index (κ1) is 17.0. The topological polar surface area (TPSA) is 99.5 Å². The van der Waals surface area contributed by atoms with Crippen molar-refractivity contribution in [1.29, 1.82) is 5.26 Å². The average molecular weight is 360 g/mol. The first-order valence-electron chi connectivity index (χ1n) is 9.02. The Morgan fingerprint density at radius 1 is 1.19 bits per heavy atom. The van der Waals surface area contributed by atoms with Gasteiger partial charge in [-0.05, 0) is 37.3 Å². The van der Waals surface area contributed by atoms with E-state index in [1.165, 1.54) is 18.8 Å². The summed E-state index contributed by atoms with van der Waals surface area (Å²) >= 11 is 0. The molecule has 1 aromatic carbocycles. The SMILES string of the molecule is C[C@@H]1CC[C@H](Oc2ccccc2-c2cc(Nc3cnc(C#N)cn3)n[nH]2)C1. The van der Waals surface area contributed by atoms with Gasteiger partial charge in [-0.15, -0.1) is 0 Å². The summed E-state index contributed by atoms with van der Waals surface area (Å²) in [5.74, 6) is 2.73. The third kappa shape index (κ3) is 3.90. The van der Waals surface area contributed by atoms with Gasteiger partial charge in [0.2, 0.25) is 0 Å². The van der Waals surface area contributed by atoms with Crippen molar-refractivity contribution in [2.24, 2.45) is 5.92 Å². The van der Waals surface area contributed by atoms with Crippen LogP contribution in [0.25, 0.3) is 11.3 Å². The maximum atomic E-state index is 8.79. The lowest BCUT2D eigenvalue weighted by Gasteiger charge is -2.16. The predicted molar refractivity (Wildman–Crippen MR) is 101 cm³/mol. The molecule has 4 rings (SSSR count). The van der Waals surface area contributed by atoms with E-state index in [4.69, 9.17) is 10.00 Å². The van der Waals surface area contributed by atoms with Crippen molar-refractivity contribution < 1.29 is 4.74 Å². The third-order valence-electron chi connectivity index (χ3n) is 4.72. The molecule has 7 nitrogen and oxygen atoms in total. The van der Waals surface area contributed by atoms with E-state index in [1.54, 1.807) is 0 Å². The second-order valence-electron chi connectivity index (χ2n) is 6.84. The van der Waals surface area contributed by atoms with Crippen LogP contribution in [-0.2, 0) is 0 Å². The first-order valence-corrected chi connectivity index (χ1v) is 9.02. The Labute approximate surface area is 157 Å². The molecule has 1 fully saturated rings. The molecule has 0 saturated heterocycles. The predicted octanol–water partition coefficient (Wildman–Crippen LogP) is 4.05. The zero-order valence-electron chi connectivity index (χ0n) is 15.0. The molecule has 0 bridgehead atoms. The second-order valence-corrected chi connectivity index (χ2v) is 6.84. The van der Waals surface area contributed by atoms with E-state index < -0.39 is 0 Å². The summed E-state index contributed by atoms with van der Waals surface area (Å²) in [6.07, 6.45) is 6.61. The number of hydrogen-bond acceptors (Lipinski definition) is 6. The molecule has 7 heteroatoms. The van der Waals surface area contributed by atoms with Crippen LogP contribution in [0.4, 0.5) is 11.6 Å². The number of para-hydroxylation sites is 1. The Hall–Kier alpha value is -3.40. The fourth-order valence-corrected chi connectivity index (χ4v) is 3.34. The minimum Gasteiger partial charge on any atom is -0.490 e. The van der Waals surface area contributed by atoms with Crippen molar-refractivity contribution in [3.05, 3.63) is 48.4 Å². The van der Waals surface area contributed by atoms with E-state index in [2.05, 4.69) is 32.4 Å². The molecule has 2 atom stereocenters. The van der Waals surface area contributed by atoms with Gasteiger partial charge in [0.15, 0.2) is 11.5 Å². The highest BCUT2D eigenvalue weighted by Gasteiger charge is 2.23. The highest BCUT2D eigenvalue weighted by molar-refractivity contribution is 5.70. The molecule has 3 aromatic rings. The number of hydrogen-bond donors (Lipinski definition) is 2. The molecule has 0 aliphatic heterocycles. The van der Waals surface area contributed by atoms with Gasteiger partial charge in [0.25, 0.3) is 0 Å². The maximum absolute atomic E-state index is 8.79. The molecule has 2 aromatic heterocycles. The van der Waals surface area contributed by atoms with Crippen molar-refractivity contribution in [3.63, 3.8) is 0 Å². The van der Waals surface area contributed by atoms with E-state index in [-0.39, 0.29) is 11.8 Å². The summed E-state index contributed by atoms with van der Waals surface area (Å²) in [5, 5.41) is 19.2. The van der Waals surface area contributed by atoms with Gasteiger partial charge in [-0.2, -0.15) is 10.4 Å². The van der Waals surface area contributed by atoms with Crippen LogP contribution in [0.5, 0.6) is 5.75 Å². The van der Waals surface area contributed by atoms with Crippen LogP contribution in [0.15, 0.2) is 42.7 Å². The zero-order valence-corrected chi connectivity index (χ0v) is 15.0. The number of ether oxygens (including phenoxy) is 1. The summed E-state index contributed by atoms with van der Waals surface area (Å²) in [6.45, 7) is 2.27. The minimum absolute atomic E-state index is 0.274. The molecule has 0 unspecified atom stereocenters. The van der Waals surface area contributed by atoms with Crippen LogP contribution >= 0.6 is 0 Å². The molecule has 0 amide bonds. The van der Waals surface area contributed by atoms with Crippen molar-refractivity contribution in [1.82, 2.24) is 20.2 Å². The van der Waals surface area contributed by atoms with Gasteiger partial charge in [0.1, 0.15) is 17.6 Å². The molecule has 2 N–H and O–H groups in total. The molecule has 136 valence electrons. The van der Waals surface area contributed by atoms with Gasteiger partial charge in [-0.3, -0.25) is 5.10 Å². The molecule has 27 heavy (non-hydrogen) atoms. The number of aromatic nitrogens is 4. The highest BCUT2D eigenvalue weighted by Crippen LogP contribution is 2.34. The molecular weight excluding hydrogens is 340 g/mol. The standard InChI is InChI=1S/C20H20N6O/c1-13-6-7-15(8-13)27-18-5-3-2-4-16(18)17-9-19(26-25-17)24-20-12-22-14(10-21)11-23-20/h2-5,9,11-13,15H,6-8H2,1H3,(H2,23,24,25,26)/t13-,15+/m1/s1. The minimum atomic E-state index is 0.274. The van der Waals surface area contributed by atoms with E-state index in [0.717, 1.165) is 35.8 Å². The summed E-state index contributed by atoms with van der Waals surface area (Å²) in [5.41, 5.74) is 2.11. The number of aromatic amines is 1. The number of nitrogens with one attached hydrogen (secondary N) is 2. The summed E-state index contributed by atoms with van der Waals surface area (Å²) in [7, 11) is 0. The van der Waals surface area contributed by atoms with Crippen LogP contribution in [-0.4, -0.2) is 26.3 Å². The molecule has 2 heterocycles. The largest absolute Gasteiger partial charge is 0.490 e. The Morgan fingerprint density at radius 3 is 2.81 bits per heavy atom. The van der Waals surface area contributed by atoms with Crippen molar-refractivity contribution in [2.75, 3.05) is 5.32 Å². The van der Waals surface area contributed by atoms with Crippen molar-refractivity contribution >= 4 is 11.6 Å². The average Bonchev–Trinajstić information content (AvgIpc) is 3.32. The quantitative estimate of drug-likeness (QED) is 0.712. The second kappa shape index (κ2) is 7.46. The third-order valence-corrected chi connectivity index (χ3v) is 4.72. The molecule has 1 saturated carbocycles. The number of nitriles is 1. The van der Waals surface area contributed by atoms with Gasteiger partial charge in [-0.25, -0.2) is 9.97 Å². The Morgan fingerprint density at radius 2 is 2.07 bits per heavy atom. The summed E-state index contributed by atoms with van der Waals surface area (Å²) in [4.78, 5) is 8.14. The number of nitrogens with zero attached hydrogens (tertiary/aromatic N) is 4. The smallest absolute Gasteiger partial charge is 0.158 e. The lowest BCUT2D eigenvalue weighted by Crippen LogP contribution is -2.12. The van der Waals surface area contributed by atoms with Gasteiger partial charge >= 0.3 is 0 Å². The van der Waals surface area contributed by atoms with Gasteiger partial charge < -0.3 is 10.1 Å². The normalized spacial score (nSPS) is 18.8. The highest BCUT2D eigenvalue weighted by atomic mass is 16.5. The number of anilines is 2. The molecule has 1 aliphatic carbocycles. The molecule has 0 spiro atoms. The molecule has 1 aliphatic rings. The number of H-pyrrole nitrogens is 1. The fraction of sp³-hybridized carbons (Fsp3) is 0.300. The lowest BCUT2D eigenvalue weighted by molar-refractivity contribution is 0.206. The molecule has 0 radical (unpaired) electrons. The Kier molecular flexibility index (Phi) is 4.71. The monoisotopic (exact) mass is 360 g/mol. The van der Waals surface area contributed by atoms with E-state index >= 15 is 0 Å². The first-order chi connectivity index (χ1) is 13.2. The van der Waals surface area contributed by atoms with Crippen LogP contribution in [0.3, 0.4) is 0 Å². The van der Waals surface area contributed by atoms with Gasteiger partial charge in [0.05, 0.1) is 24.2 Å². The van der Waals surface area contributed by atoms with Crippen LogP contribution in [0, 0.1) is 17.2 Å². The number of rotatable bonds is 5. The van der Waals surface area contributed by atoms with E-state index in [9.17, 15) is 0 Å². The van der Waals surface area contributed by atoms with Crippen LogP contribution in [0.1, 0.15) is 31.9 Å². The Bertz CT molecular complexity index is 959. The van der Waals surface area contributed by atoms with Crippen LogP contribution in [0.2, 0.25) is 0 Å².